The molecule has 28 heavy (non-hydrogen) atoms. The minimum absolute atomic E-state index is 0.289. The quantitative estimate of drug-likeness (QED) is 0.526. The number of sulfonamides is 1. The summed E-state index contributed by atoms with van der Waals surface area (Å²) in [6.07, 6.45) is -4.64. The number of nitrogens with zero attached hydrogens (tertiary/aromatic N) is 2. The molecule has 0 amide bonds. The van der Waals surface area contributed by atoms with Crippen LogP contribution in [0.4, 0.5) is 13.2 Å². The summed E-state index contributed by atoms with van der Waals surface area (Å²) in [7, 11) is -3.40. The summed E-state index contributed by atoms with van der Waals surface area (Å²) in [6, 6.07) is 11.4. The molecule has 2 aromatic carbocycles. The van der Waals surface area contributed by atoms with E-state index in [-0.39, 0.29) is 5.90 Å². The molecule has 1 unspecified atom stereocenters. The largest absolute Gasteiger partial charge is 0.480 e. The number of nitriles is 1. The average molecular weight is 433 g/mol. The van der Waals surface area contributed by atoms with Gasteiger partial charge in [0, 0.05) is 5.56 Å². The molecule has 0 aliphatic rings. The van der Waals surface area contributed by atoms with E-state index in [9.17, 15) is 21.6 Å². The Morgan fingerprint density at radius 3 is 2.36 bits per heavy atom. The maximum Gasteiger partial charge on any atom is 0.416 e. The first-order chi connectivity index (χ1) is 13.1. The fourth-order valence-corrected chi connectivity index (χ4v) is 3.08. The summed E-state index contributed by atoms with van der Waals surface area (Å²) in [5, 5.41) is 8.66. The number of benzene rings is 2. The molecule has 0 spiro atoms. The lowest BCUT2D eigenvalue weighted by molar-refractivity contribution is -0.137. The van der Waals surface area contributed by atoms with Crippen molar-refractivity contribution in [2.75, 3.05) is 7.11 Å². The summed E-state index contributed by atoms with van der Waals surface area (Å²) in [5.74, 6) is -0.707. The molecule has 0 aliphatic heterocycles. The molecule has 2 aromatic rings. The fourth-order valence-electron chi connectivity index (χ4n) is 1.99. The number of hydrogen-bond acceptors (Lipinski definition) is 5. The normalized spacial score (nSPS) is 13.5. The lowest BCUT2D eigenvalue weighted by atomic mass is 10.2. The van der Waals surface area contributed by atoms with Crippen LogP contribution in [0.2, 0.25) is 5.02 Å². The van der Waals surface area contributed by atoms with E-state index in [1.165, 1.54) is 25.3 Å². The van der Waals surface area contributed by atoms with E-state index in [1.54, 1.807) is 18.2 Å². The van der Waals surface area contributed by atoms with Gasteiger partial charge >= 0.3 is 21.6 Å². The highest BCUT2D eigenvalue weighted by atomic mass is 35.5. The van der Waals surface area contributed by atoms with Gasteiger partial charge in [0.25, 0.3) is 0 Å². The van der Waals surface area contributed by atoms with Gasteiger partial charge in [-0.05, 0) is 30.3 Å². The molecule has 0 bridgehead atoms. The van der Waals surface area contributed by atoms with Crippen molar-refractivity contribution >= 4 is 27.5 Å². The van der Waals surface area contributed by atoms with Gasteiger partial charge in [0.15, 0.2) is 0 Å². The summed E-state index contributed by atoms with van der Waals surface area (Å²) in [5.41, 5.74) is -2.88. The van der Waals surface area contributed by atoms with Crippen LogP contribution < -0.4 is 4.74 Å². The number of alkyl halides is 3. The predicted molar refractivity (Wildman–Crippen MR) is 95.4 cm³/mol. The van der Waals surface area contributed by atoms with Crippen molar-refractivity contribution in [2.45, 2.75) is 11.6 Å². The van der Waals surface area contributed by atoms with E-state index in [4.69, 9.17) is 26.3 Å². The van der Waals surface area contributed by atoms with Crippen LogP contribution in [0.25, 0.3) is 0 Å². The smallest absolute Gasteiger partial charge is 0.416 e. The van der Waals surface area contributed by atoms with Crippen LogP contribution in [-0.4, -0.2) is 26.9 Å². The van der Waals surface area contributed by atoms with Gasteiger partial charge in [-0.15, -0.1) is 4.40 Å². The molecule has 0 fully saturated rings. The first-order valence-electron chi connectivity index (χ1n) is 7.44. The molecule has 0 aliphatic carbocycles. The molecule has 0 N–H and O–H groups in total. The number of rotatable bonds is 5. The van der Waals surface area contributed by atoms with Gasteiger partial charge in [-0.3, -0.25) is 0 Å². The molecule has 2 rings (SSSR count). The highest BCUT2D eigenvalue weighted by Crippen LogP contribution is 2.35. The molecule has 148 valence electrons. The van der Waals surface area contributed by atoms with E-state index in [1.807, 2.05) is 0 Å². The molecule has 0 heterocycles. The van der Waals surface area contributed by atoms with Crippen molar-refractivity contribution in [3.8, 4) is 11.8 Å². The monoisotopic (exact) mass is 432 g/mol. The number of hydrogen-bond donors (Lipinski definition) is 0. The Balaban J connectivity index is 2.34. The van der Waals surface area contributed by atoms with Gasteiger partial charge in [0.05, 0.1) is 17.7 Å². The highest BCUT2D eigenvalue weighted by Gasteiger charge is 2.33. The standard InChI is InChI=1S/C17H12ClF3N2O4S/c1-26-16(11-5-3-2-4-6-11)23-28(24,25)15(10-22)27-14-8-7-12(9-13(14)18)17(19,20)21/h2-9,15H,1H3/b23-16-. The maximum atomic E-state index is 12.7. The minimum Gasteiger partial charge on any atom is -0.480 e. The Kier molecular flexibility index (Phi) is 6.53. The zero-order valence-corrected chi connectivity index (χ0v) is 15.7. The zero-order chi connectivity index (χ0) is 20.9. The van der Waals surface area contributed by atoms with Gasteiger partial charge in [-0.1, -0.05) is 29.8 Å². The van der Waals surface area contributed by atoms with Crippen molar-refractivity contribution in [1.29, 1.82) is 5.26 Å². The molecule has 0 saturated heterocycles. The van der Waals surface area contributed by atoms with Gasteiger partial charge in [-0.2, -0.15) is 26.9 Å². The second kappa shape index (κ2) is 8.50. The predicted octanol–water partition coefficient (Wildman–Crippen LogP) is 4.01. The Hall–Kier alpha value is -2.77. The van der Waals surface area contributed by atoms with Crippen LogP contribution in [0, 0.1) is 11.3 Å². The third kappa shape index (κ3) is 5.15. The molecule has 6 nitrogen and oxygen atoms in total. The van der Waals surface area contributed by atoms with Crippen LogP contribution in [0.15, 0.2) is 52.9 Å². The minimum atomic E-state index is -4.64. The van der Waals surface area contributed by atoms with Gasteiger partial charge in [0.1, 0.15) is 11.8 Å². The Labute approximate surface area is 163 Å². The first kappa shape index (κ1) is 21.5. The van der Waals surface area contributed by atoms with Crippen molar-refractivity contribution in [3.05, 3.63) is 64.7 Å². The van der Waals surface area contributed by atoms with Crippen molar-refractivity contribution in [3.63, 3.8) is 0 Å². The topological polar surface area (TPSA) is 88.8 Å². The Bertz CT molecular complexity index is 1020. The van der Waals surface area contributed by atoms with Gasteiger partial charge in [0.2, 0.25) is 5.90 Å². The van der Waals surface area contributed by atoms with E-state index in [0.717, 1.165) is 6.07 Å². The number of methoxy groups -OCH3 is 1. The molecular weight excluding hydrogens is 421 g/mol. The summed E-state index contributed by atoms with van der Waals surface area (Å²) in [6.45, 7) is 0. The van der Waals surface area contributed by atoms with E-state index < -0.39 is 38.0 Å². The molecule has 0 saturated carbocycles. The van der Waals surface area contributed by atoms with Gasteiger partial charge < -0.3 is 9.47 Å². The lowest BCUT2D eigenvalue weighted by Gasteiger charge is -2.14. The molecular formula is C17H12ClF3N2O4S. The molecule has 1 atom stereocenters. The zero-order valence-electron chi connectivity index (χ0n) is 14.1. The van der Waals surface area contributed by atoms with E-state index in [2.05, 4.69) is 4.40 Å². The van der Waals surface area contributed by atoms with Crippen molar-refractivity contribution in [1.82, 2.24) is 0 Å². The second-order valence-electron chi connectivity index (χ2n) is 5.20. The van der Waals surface area contributed by atoms with Crippen molar-refractivity contribution < 1.29 is 31.1 Å². The maximum absolute atomic E-state index is 12.7. The van der Waals surface area contributed by atoms with E-state index >= 15 is 0 Å². The van der Waals surface area contributed by atoms with Gasteiger partial charge in [-0.25, -0.2) is 0 Å². The van der Waals surface area contributed by atoms with Crippen molar-refractivity contribution in [2.24, 2.45) is 4.40 Å². The van der Waals surface area contributed by atoms with Crippen LogP contribution in [0.5, 0.6) is 5.75 Å². The first-order valence-corrected chi connectivity index (χ1v) is 9.33. The van der Waals surface area contributed by atoms with Crippen LogP contribution >= 0.6 is 11.6 Å². The van der Waals surface area contributed by atoms with Crippen LogP contribution in [0.1, 0.15) is 11.1 Å². The Morgan fingerprint density at radius 1 is 1.21 bits per heavy atom. The van der Waals surface area contributed by atoms with Crippen LogP contribution in [0.3, 0.4) is 0 Å². The average Bonchev–Trinajstić information content (AvgIpc) is 2.64. The number of halogens is 4. The lowest BCUT2D eigenvalue weighted by Crippen LogP contribution is -2.26. The van der Waals surface area contributed by atoms with Crippen LogP contribution in [-0.2, 0) is 20.9 Å². The fraction of sp³-hybridized carbons (Fsp3) is 0.176. The molecule has 11 heteroatoms. The van der Waals surface area contributed by atoms with E-state index in [0.29, 0.717) is 17.7 Å². The Morgan fingerprint density at radius 2 is 1.86 bits per heavy atom. The summed E-state index contributed by atoms with van der Waals surface area (Å²) < 4.78 is 76.3. The third-order valence-corrected chi connectivity index (χ3v) is 4.75. The highest BCUT2D eigenvalue weighted by molar-refractivity contribution is 7.91. The SMILES string of the molecule is CO/C(=N\S(=O)(=O)C(C#N)Oc1ccc(C(F)(F)F)cc1Cl)c1ccccc1. The summed E-state index contributed by atoms with van der Waals surface area (Å²) in [4.78, 5) is 0. The molecule has 0 radical (unpaired) electrons. The number of ether oxygens (including phenoxy) is 2. The molecule has 0 aromatic heterocycles. The third-order valence-electron chi connectivity index (χ3n) is 3.29. The second-order valence-corrected chi connectivity index (χ2v) is 7.25. The summed E-state index contributed by atoms with van der Waals surface area (Å²) >= 11 is 5.73.